The number of rotatable bonds is 3. The van der Waals surface area contributed by atoms with E-state index in [1.54, 1.807) is 17.8 Å². The molecule has 0 saturated carbocycles. The summed E-state index contributed by atoms with van der Waals surface area (Å²) in [5.74, 6) is 1.05. The van der Waals surface area contributed by atoms with E-state index >= 15 is 0 Å². The number of sulfone groups is 1. The van der Waals surface area contributed by atoms with Crippen molar-refractivity contribution in [1.29, 1.82) is 0 Å². The number of benzene rings is 1. The molecule has 0 spiro atoms. The van der Waals surface area contributed by atoms with Crippen LogP contribution < -0.4 is 0 Å². The van der Waals surface area contributed by atoms with Gasteiger partial charge in [-0.3, -0.25) is 0 Å². The average Bonchev–Trinajstić information content (AvgIpc) is 2.89. The van der Waals surface area contributed by atoms with Crippen molar-refractivity contribution >= 4 is 32.6 Å². The number of para-hydroxylation sites is 2. The van der Waals surface area contributed by atoms with Crippen LogP contribution in [0.3, 0.4) is 0 Å². The van der Waals surface area contributed by atoms with Crippen LogP contribution in [0.4, 0.5) is 0 Å². The first kappa shape index (κ1) is 11.8. The van der Waals surface area contributed by atoms with E-state index < -0.39 is 9.84 Å². The van der Waals surface area contributed by atoms with E-state index in [1.807, 2.05) is 24.3 Å². The molecule has 3 rings (SSSR count). The van der Waals surface area contributed by atoms with Crippen molar-refractivity contribution in [2.75, 3.05) is 11.5 Å². The number of nitrogens with zero attached hydrogens (tertiary/aromatic N) is 1. The summed E-state index contributed by atoms with van der Waals surface area (Å²) in [7, 11) is -2.95. The van der Waals surface area contributed by atoms with E-state index in [2.05, 4.69) is 9.97 Å². The maximum absolute atomic E-state index is 11.3. The van der Waals surface area contributed by atoms with Crippen LogP contribution in [0.2, 0.25) is 0 Å². The zero-order valence-electron chi connectivity index (χ0n) is 9.54. The lowest BCUT2D eigenvalue weighted by Gasteiger charge is -2.03. The van der Waals surface area contributed by atoms with Gasteiger partial charge in [-0.05, 0) is 12.1 Å². The quantitative estimate of drug-likeness (QED) is 0.876. The summed E-state index contributed by atoms with van der Waals surface area (Å²) in [6.45, 7) is 0. The van der Waals surface area contributed by atoms with E-state index in [0.717, 1.165) is 21.9 Å². The van der Waals surface area contributed by atoms with Crippen LogP contribution in [0.5, 0.6) is 0 Å². The van der Waals surface area contributed by atoms with Crippen LogP contribution in [-0.4, -0.2) is 29.9 Å². The van der Waals surface area contributed by atoms with E-state index in [1.165, 1.54) is 5.41 Å². The maximum Gasteiger partial charge on any atom is 0.171 e. The summed E-state index contributed by atoms with van der Waals surface area (Å²) in [6.07, 6.45) is 1.77. The zero-order chi connectivity index (χ0) is 12.6. The van der Waals surface area contributed by atoms with E-state index in [4.69, 9.17) is 0 Å². The summed E-state index contributed by atoms with van der Waals surface area (Å²) < 4.78 is 22.5. The highest BCUT2D eigenvalue weighted by atomic mass is 32.2. The molecule has 1 aliphatic heterocycles. The Hall–Kier alpha value is -1.27. The molecule has 1 aromatic heterocycles. The third-order valence-corrected chi connectivity index (χ3v) is 5.33. The van der Waals surface area contributed by atoms with Crippen LogP contribution in [0.15, 0.2) is 40.9 Å². The van der Waals surface area contributed by atoms with Gasteiger partial charge in [0, 0.05) is 17.1 Å². The molecule has 1 aliphatic rings. The molecule has 0 amide bonds. The van der Waals surface area contributed by atoms with Gasteiger partial charge in [0.25, 0.3) is 0 Å². The molecule has 1 aromatic carbocycles. The minimum Gasteiger partial charge on any atom is -0.333 e. The Morgan fingerprint density at radius 2 is 2.22 bits per heavy atom. The second-order valence-corrected chi connectivity index (χ2v) is 7.23. The molecule has 2 aromatic rings. The van der Waals surface area contributed by atoms with Gasteiger partial charge in [0.05, 0.1) is 16.8 Å². The van der Waals surface area contributed by atoms with Gasteiger partial charge >= 0.3 is 0 Å². The van der Waals surface area contributed by atoms with E-state index in [-0.39, 0.29) is 11.7 Å². The Morgan fingerprint density at radius 1 is 1.39 bits per heavy atom. The summed E-state index contributed by atoms with van der Waals surface area (Å²) in [6, 6.07) is 7.84. The lowest BCUT2D eigenvalue weighted by Crippen LogP contribution is -2.07. The second-order valence-electron chi connectivity index (χ2n) is 4.29. The topological polar surface area (TPSA) is 62.8 Å². The Labute approximate surface area is 109 Å². The molecule has 4 nitrogen and oxygen atoms in total. The number of H-pyrrole nitrogens is 1. The SMILES string of the molecule is O=S1(=O)C=C[C@H](CSc2nc3ccccc3[nH]2)C1. The molecule has 0 radical (unpaired) electrons. The van der Waals surface area contributed by atoms with Crippen molar-refractivity contribution in [3.05, 3.63) is 35.7 Å². The largest absolute Gasteiger partial charge is 0.333 e. The van der Waals surface area contributed by atoms with Gasteiger partial charge in [0.15, 0.2) is 15.0 Å². The molecule has 1 N–H and O–H groups in total. The molecule has 94 valence electrons. The highest BCUT2D eigenvalue weighted by Gasteiger charge is 2.21. The first-order valence-electron chi connectivity index (χ1n) is 5.61. The monoisotopic (exact) mass is 280 g/mol. The predicted molar refractivity (Wildman–Crippen MR) is 73.2 cm³/mol. The van der Waals surface area contributed by atoms with Crippen molar-refractivity contribution in [1.82, 2.24) is 9.97 Å². The fraction of sp³-hybridized carbons (Fsp3) is 0.250. The van der Waals surface area contributed by atoms with Gasteiger partial charge < -0.3 is 4.98 Å². The fourth-order valence-corrected chi connectivity index (χ4v) is 4.42. The van der Waals surface area contributed by atoms with Crippen molar-refractivity contribution in [3.8, 4) is 0 Å². The van der Waals surface area contributed by atoms with Gasteiger partial charge in [0.2, 0.25) is 0 Å². The third-order valence-electron chi connectivity index (χ3n) is 2.81. The first-order chi connectivity index (χ1) is 8.62. The van der Waals surface area contributed by atoms with Gasteiger partial charge in [-0.2, -0.15) is 0 Å². The summed E-state index contributed by atoms with van der Waals surface area (Å²) in [5.41, 5.74) is 1.95. The second kappa shape index (κ2) is 4.44. The molecule has 0 unspecified atom stereocenters. The van der Waals surface area contributed by atoms with Gasteiger partial charge in [-0.15, -0.1) is 0 Å². The van der Waals surface area contributed by atoms with Gasteiger partial charge in [0.1, 0.15) is 0 Å². The molecule has 6 heteroatoms. The summed E-state index contributed by atoms with van der Waals surface area (Å²) in [4.78, 5) is 7.66. The van der Waals surface area contributed by atoms with Crippen molar-refractivity contribution < 1.29 is 8.42 Å². The zero-order valence-corrected chi connectivity index (χ0v) is 11.2. The summed E-state index contributed by atoms with van der Waals surface area (Å²) in [5, 5.41) is 2.16. The standard InChI is InChI=1S/C12H12N2O2S2/c15-18(16)6-5-9(8-18)7-17-12-13-10-3-1-2-4-11(10)14-12/h1-6,9H,7-8H2,(H,13,14)/t9-/m1/s1. The minimum atomic E-state index is -2.95. The van der Waals surface area contributed by atoms with Gasteiger partial charge in [-0.1, -0.05) is 30.0 Å². The van der Waals surface area contributed by atoms with E-state index in [0.29, 0.717) is 0 Å². The van der Waals surface area contributed by atoms with Crippen LogP contribution in [0.1, 0.15) is 0 Å². The average molecular weight is 280 g/mol. The molecule has 2 heterocycles. The summed E-state index contributed by atoms with van der Waals surface area (Å²) >= 11 is 1.56. The Kier molecular flexibility index (Phi) is 2.91. The molecular weight excluding hydrogens is 268 g/mol. The van der Waals surface area contributed by atoms with Gasteiger partial charge in [-0.25, -0.2) is 13.4 Å². The Morgan fingerprint density at radius 3 is 2.94 bits per heavy atom. The lowest BCUT2D eigenvalue weighted by molar-refractivity contribution is 0.602. The lowest BCUT2D eigenvalue weighted by atomic mass is 10.2. The molecular formula is C12H12N2O2S2. The Bertz CT molecular complexity index is 671. The predicted octanol–water partition coefficient (Wildman–Crippen LogP) is 2.21. The third kappa shape index (κ3) is 2.44. The van der Waals surface area contributed by atoms with Crippen LogP contribution >= 0.6 is 11.8 Å². The van der Waals surface area contributed by atoms with Crippen molar-refractivity contribution in [2.24, 2.45) is 5.92 Å². The van der Waals surface area contributed by atoms with E-state index in [9.17, 15) is 8.42 Å². The molecule has 1 atom stereocenters. The molecule has 0 fully saturated rings. The first-order valence-corrected chi connectivity index (χ1v) is 8.31. The highest BCUT2D eigenvalue weighted by Crippen LogP contribution is 2.25. The van der Waals surface area contributed by atoms with Crippen molar-refractivity contribution in [3.63, 3.8) is 0 Å². The highest BCUT2D eigenvalue weighted by molar-refractivity contribution is 7.99. The molecule has 0 saturated heterocycles. The van der Waals surface area contributed by atoms with Crippen LogP contribution in [-0.2, 0) is 9.84 Å². The number of allylic oxidation sites excluding steroid dienone is 1. The number of fused-ring (bicyclic) bond motifs is 1. The Balaban J connectivity index is 1.69. The number of imidazole rings is 1. The number of nitrogens with one attached hydrogen (secondary N) is 1. The molecule has 0 bridgehead atoms. The normalized spacial score (nSPS) is 21.7. The number of hydrogen-bond acceptors (Lipinski definition) is 4. The minimum absolute atomic E-state index is 0.0909. The number of hydrogen-bond donors (Lipinski definition) is 1. The van der Waals surface area contributed by atoms with Crippen LogP contribution in [0.25, 0.3) is 11.0 Å². The molecule has 18 heavy (non-hydrogen) atoms. The smallest absolute Gasteiger partial charge is 0.171 e. The maximum atomic E-state index is 11.3. The molecule has 0 aliphatic carbocycles. The number of aromatic nitrogens is 2. The number of aromatic amines is 1. The van der Waals surface area contributed by atoms with Crippen LogP contribution in [0, 0.1) is 5.92 Å². The fourth-order valence-electron chi connectivity index (χ4n) is 1.93. The number of thioether (sulfide) groups is 1. The van der Waals surface area contributed by atoms with Crippen molar-refractivity contribution in [2.45, 2.75) is 5.16 Å².